The largest absolute Gasteiger partial charge is 0.370 e. The van der Waals surface area contributed by atoms with Gasteiger partial charge in [0, 0.05) is 32.2 Å². The van der Waals surface area contributed by atoms with Crippen LogP contribution < -0.4 is 10.2 Å². The van der Waals surface area contributed by atoms with E-state index >= 15 is 0 Å². The molecule has 0 aliphatic heterocycles. The molecule has 102 valence electrons. The summed E-state index contributed by atoms with van der Waals surface area (Å²) in [5.41, 5.74) is 0. The number of hydrogen-bond acceptors (Lipinski definition) is 5. The molecule has 0 amide bonds. The van der Waals surface area contributed by atoms with E-state index in [0.717, 1.165) is 44.2 Å². The molecule has 0 atom stereocenters. The van der Waals surface area contributed by atoms with E-state index in [0.29, 0.717) is 0 Å². The highest BCUT2D eigenvalue weighted by molar-refractivity contribution is 5.48. The minimum Gasteiger partial charge on any atom is -0.370 e. The fourth-order valence-corrected chi connectivity index (χ4v) is 1.73. The molecule has 1 aromatic rings. The molecule has 0 spiro atoms. The molecule has 5 nitrogen and oxygen atoms in total. The van der Waals surface area contributed by atoms with Crippen LogP contribution in [0.5, 0.6) is 0 Å². The van der Waals surface area contributed by atoms with Crippen molar-refractivity contribution >= 4 is 11.6 Å². The Labute approximate surface area is 110 Å². The van der Waals surface area contributed by atoms with E-state index < -0.39 is 0 Å². The summed E-state index contributed by atoms with van der Waals surface area (Å²) >= 11 is 0. The van der Waals surface area contributed by atoms with E-state index in [9.17, 15) is 0 Å². The third-order valence-electron chi connectivity index (χ3n) is 2.65. The lowest BCUT2D eigenvalue weighted by Gasteiger charge is -2.25. The summed E-state index contributed by atoms with van der Waals surface area (Å²) in [4.78, 5) is 13.1. The molecule has 1 aromatic heterocycles. The van der Waals surface area contributed by atoms with Gasteiger partial charge in [-0.05, 0) is 27.4 Å². The van der Waals surface area contributed by atoms with Crippen molar-refractivity contribution in [2.45, 2.75) is 20.3 Å². The summed E-state index contributed by atoms with van der Waals surface area (Å²) in [5, 5.41) is 3.22. The first-order valence-electron chi connectivity index (χ1n) is 6.63. The normalized spacial score (nSPS) is 10.7. The molecule has 0 aromatic carbocycles. The monoisotopic (exact) mass is 251 g/mol. The first-order chi connectivity index (χ1) is 8.67. The zero-order valence-corrected chi connectivity index (χ0v) is 12.0. The molecule has 0 fully saturated rings. The second-order valence-corrected chi connectivity index (χ2v) is 4.58. The van der Waals surface area contributed by atoms with Gasteiger partial charge in [0.05, 0.1) is 0 Å². The summed E-state index contributed by atoms with van der Waals surface area (Å²) < 4.78 is 0. The maximum absolute atomic E-state index is 4.37. The molecule has 0 unspecified atom stereocenters. The molecule has 1 rings (SSSR count). The van der Waals surface area contributed by atoms with Gasteiger partial charge in [-0.2, -0.15) is 0 Å². The van der Waals surface area contributed by atoms with Crippen molar-refractivity contribution in [3.63, 3.8) is 0 Å². The summed E-state index contributed by atoms with van der Waals surface area (Å²) in [6.07, 6.45) is 2.75. The van der Waals surface area contributed by atoms with Crippen LogP contribution in [0.3, 0.4) is 0 Å². The van der Waals surface area contributed by atoms with Crippen LogP contribution in [-0.4, -0.2) is 55.1 Å². The molecule has 0 radical (unpaired) electrons. The van der Waals surface area contributed by atoms with Crippen LogP contribution in [0.25, 0.3) is 0 Å². The molecule has 0 aliphatic carbocycles. The molecule has 18 heavy (non-hydrogen) atoms. The molecule has 0 saturated carbocycles. The Morgan fingerprint density at radius 3 is 2.50 bits per heavy atom. The van der Waals surface area contributed by atoms with E-state index in [2.05, 4.69) is 53.0 Å². The van der Waals surface area contributed by atoms with Gasteiger partial charge in [0.1, 0.15) is 18.0 Å². The Morgan fingerprint density at radius 1 is 1.11 bits per heavy atom. The summed E-state index contributed by atoms with van der Waals surface area (Å²) in [6.45, 7) is 8.18. The molecule has 5 heteroatoms. The van der Waals surface area contributed by atoms with Crippen LogP contribution in [-0.2, 0) is 0 Å². The van der Waals surface area contributed by atoms with Gasteiger partial charge in [-0.25, -0.2) is 9.97 Å². The fraction of sp³-hybridized carbons (Fsp3) is 0.692. The smallest absolute Gasteiger partial charge is 0.134 e. The van der Waals surface area contributed by atoms with Gasteiger partial charge in [0.25, 0.3) is 0 Å². The number of anilines is 2. The van der Waals surface area contributed by atoms with E-state index in [-0.39, 0.29) is 0 Å². The van der Waals surface area contributed by atoms with Crippen molar-refractivity contribution in [3.8, 4) is 0 Å². The minimum absolute atomic E-state index is 0.877. The Kier molecular flexibility index (Phi) is 6.43. The van der Waals surface area contributed by atoms with Crippen LogP contribution in [0.15, 0.2) is 12.4 Å². The zero-order chi connectivity index (χ0) is 13.4. The van der Waals surface area contributed by atoms with Gasteiger partial charge in [-0.1, -0.05) is 6.92 Å². The third-order valence-corrected chi connectivity index (χ3v) is 2.65. The Balaban J connectivity index is 2.73. The van der Waals surface area contributed by atoms with Crippen LogP contribution in [0, 0.1) is 0 Å². The number of rotatable bonds is 8. The maximum atomic E-state index is 4.37. The highest BCUT2D eigenvalue weighted by atomic mass is 15.2. The molecule has 1 heterocycles. The zero-order valence-electron chi connectivity index (χ0n) is 12.0. The maximum Gasteiger partial charge on any atom is 0.134 e. The van der Waals surface area contributed by atoms with Crippen LogP contribution in [0.4, 0.5) is 11.6 Å². The first-order valence-corrected chi connectivity index (χ1v) is 6.63. The molecule has 1 N–H and O–H groups in total. The predicted octanol–water partition coefficient (Wildman–Crippen LogP) is 1.69. The molecular formula is C13H25N5. The summed E-state index contributed by atoms with van der Waals surface area (Å²) in [5.74, 6) is 1.90. The van der Waals surface area contributed by atoms with Crippen molar-refractivity contribution in [1.29, 1.82) is 0 Å². The SMILES string of the molecule is CCCN(CCN(C)C)c1cc(NCC)ncn1. The Bertz CT molecular complexity index is 340. The Morgan fingerprint density at radius 2 is 1.89 bits per heavy atom. The topological polar surface area (TPSA) is 44.3 Å². The van der Waals surface area contributed by atoms with Crippen LogP contribution in [0.2, 0.25) is 0 Å². The standard InChI is InChI=1S/C13H25N5/c1-5-7-18(9-8-17(3)4)13-10-12(14-6-2)15-11-16-13/h10-11H,5-9H2,1-4H3,(H,14,15,16). The van der Waals surface area contributed by atoms with E-state index in [4.69, 9.17) is 0 Å². The quantitative estimate of drug-likeness (QED) is 0.761. The van der Waals surface area contributed by atoms with Crippen molar-refractivity contribution in [2.24, 2.45) is 0 Å². The lowest BCUT2D eigenvalue weighted by Crippen LogP contribution is -2.33. The van der Waals surface area contributed by atoms with E-state index in [1.807, 2.05) is 6.07 Å². The van der Waals surface area contributed by atoms with Gasteiger partial charge >= 0.3 is 0 Å². The second-order valence-electron chi connectivity index (χ2n) is 4.58. The lowest BCUT2D eigenvalue weighted by molar-refractivity contribution is 0.412. The molecule has 0 bridgehead atoms. The van der Waals surface area contributed by atoms with E-state index in [1.54, 1.807) is 6.33 Å². The van der Waals surface area contributed by atoms with Crippen molar-refractivity contribution in [3.05, 3.63) is 12.4 Å². The lowest BCUT2D eigenvalue weighted by atomic mass is 10.3. The summed E-state index contributed by atoms with van der Waals surface area (Å²) in [6, 6.07) is 2.02. The minimum atomic E-state index is 0.877. The van der Waals surface area contributed by atoms with Gasteiger partial charge in [-0.15, -0.1) is 0 Å². The van der Waals surface area contributed by atoms with Gasteiger partial charge in [0.2, 0.25) is 0 Å². The number of aromatic nitrogens is 2. The predicted molar refractivity (Wildman–Crippen MR) is 77.3 cm³/mol. The van der Waals surface area contributed by atoms with Gasteiger partial charge < -0.3 is 15.1 Å². The first kappa shape index (κ1) is 14.7. The average Bonchev–Trinajstić information content (AvgIpc) is 2.35. The number of nitrogens with zero attached hydrogens (tertiary/aromatic N) is 4. The number of hydrogen-bond donors (Lipinski definition) is 1. The average molecular weight is 251 g/mol. The van der Waals surface area contributed by atoms with Crippen LogP contribution in [0.1, 0.15) is 20.3 Å². The van der Waals surface area contributed by atoms with Crippen molar-refractivity contribution < 1.29 is 0 Å². The second kappa shape index (κ2) is 7.87. The highest BCUT2D eigenvalue weighted by Gasteiger charge is 2.08. The molecular weight excluding hydrogens is 226 g/mol. The number of nitrogens with one attached hydrogen (secondary N) is 1. The Hall–Kier alpha value is -1.36. The van der Waals surface area contributed by atoms with Crippen LogP contribution >= 0.6 is 0 Å². The highest BCUT2D eigenvalue weighted by Crippen LogP contribution is 2.14. The van der Waals surface area contributed by atoms with Crippen molar-refractivity contribution in [1.82, 2.24) is 14.9 Å². The van der Waals surface area contributed by atoms with Gasteiger partial charge in [0.15, 0.2) is 0 Å². The molecule has 0 aliphatic rings. The fourth-order valence-electron chi connectivity index (χ4n) is 1.73. The van der Waals surface area contributed by atoms with Crippen molar-refractivity contribution in [2.75, 3.05) is 50.5 Å². The van der Waals surface area contributed by atoms with Gasteiger partial charge in [-0.3, -0.25) is 0 Å². The van der Waals surface area contributed by atoms with E-state index in [1.165, 1.54) is 0 Å². The molecule has 0 saturated heterocycles. The summed E-state index contributed by atoms with van der Waals surface area (Å²) in [7, 11) is 4.18. The number of likely N-dealkylation sites (N-methyl/N-ethyl adjacent to an activating group) is 1. The third kappa shape index (κ3) is 4.87.